The monoisotopic (exact) mass is 369 g/mol. The van der Waals surface area contributed by atoms with E-state index in [-0.39, 0.29) is 24.2 Å². The van der Waals surface area contributed by atoms with Crippen LogP contribution in [0.2, 0.25) is 10.0 Å². The normalized spacial score (nSPS) is 24.2. The fraction of sp³-hybridized carbons (Fsp3) is 0.529. The second-order valence-electron chi connectivity index (χ2n) is 6.49. The highest BCUT2D eigenvalue weighted by Gasteiger charge is 2.35. The summed E-state index contributed by atoms with van der Waals surface area (Å²) in [5.41, 5.74) is 0.643. The number of benzene rings is 1. The van der Waals surface area contributed by atoms with Crippen LogP contribution in [0.5, 0.6) is 0 Å². The molecule has 5 nitrogen and oxygen atoms in total. The van der Waals surface area contributed by atoms with Crippen molar-refractivity contribution in [3.05, 3.63) is 28.2 Å². The Morgan fingerprint density at radius 2 is 2.04 bits per heavy atom. The molecule has 2 N–H and O–H groups in total. The van der Waals surface area contributed by atoms with Crippen LogP contribution in [0.1, 0.15) is 19.3 Å². The fourth-order valence-corrected chi connectivity index (χ4v) is 3.83. The van der Waals surface area contributed by atoms with E-state index < -0.39 is 0 Å². The average molecular weight is 370 g/mol. The third kappa shape index (κ3) is 4.21. The molecular weight excluding hydrogens is 349 g/mol. The highest BCUT2D eigenvalue weighted by Crippen LogP contribution is 2.30. The molecule has 0 radical (unpaired) electrons. The number of carbonyl (C=O) groups excluding carboxylic acids is 2. The molecule has 3 rings (SSSR count). The number of rotatable bonds is 4. The van der Waals surface area contributed by atoms with Gasteiger partial charge in [0.05, 0.1) is 5.92 Å². The van der Waals surface area contributed by atoms with Gasteiger partial charge in [0.1, 0.15) is 0 Å². The third-order valence-corrected chi connectivity index (χ3v) is 5.06. The van der Waals surface area contributed by atoms with E-state index in [4.69, 9.17) is 23.2 Å². The maximum Gasteiger partial charge on any atom is 0.227 e. The quantitative estimate of drug-likeness (QED) is 0.856. The van der Waals surface area contributed by atoms with Crippen molar-refractivity contribution in [1.29, 1.82) is 0 Å². The summed E-state index contributed by atoms with van der Waals surface area (Å²) in [4.78, 5) is 26.2. The van der Waals surface area contributed by atoms with Crippen LogP contribution < -0.4 is 15.5 Å². The summed E-state index contributed by atoms with van der Waals surface area (Å²) >= 11 is 12.0. The molecule has 2 heterocycles. The lowest BCUT2D eigenvalue weighted by atomic mass is 9.99. The Bertz CT molecular complexity index is 612. The van der Waals surface area contributed by atoms with Crippen molar-refractivity contribution in [2.45, 2.75) is 19.3 Å². The summed E-state index contributed by atoms with van der Waals surface area (Å²) in [5.74, 6) is 0.0202. The maximum atomic E-state index is 12.4. The number of hydrogen-bond donors (Lipinski definition) is 2. The van der Waals surface area contributed by atoms with E-state index in [1.54, 1.807) is 23.1 Å². The second kappa shape index (κ2) is 7.72. The number of hydrogen-bond acceptors (Lipinski definition) is 3. The average Bonchev–Trinajstić information content (AvgIpc) is 2.95. The van der Waals surface area contributed by atoms with E-state index in [1.807, 2.05) is 0 Å². The fourth-order valence-electron chi connectivity index (χ4n) is 3.32. The molecule has 7 heteroatoms. The molecule has 2 saturated heterocycles. The summed E-state index contributed by atoms with van der Waals surface area (Å²) in [6.07, 6.45) is 2.49. The number of anilines is 1. The summed E-state index contributed by atoms with van der Waals surface area (Å²) in [7, 11) is 0. The Morgan fingerprint density at radius 1 is 1.29 bits per heavy atom. The first-order valence-corrected chi connectivity index (χ1v) is 9.03. The Morgan fingerprint density at radius 3 is 2.71 bits per heavy atom. The molecule has 130 valence electrons. The van der Waals surface area contributed by atoms with E-state index in [0.717, 1.165) is 25.9 Å². The molecule has 2 aliphatic rings. The lowest BCUT2D eigenvalue weighted by Crippen LogP contribution is -2.40. The van der Waals surface area contributed by atoms with Gasteiger partial charge in [-0.25, -0.2) is 0 Å². The molecule has 0 saturated carbocycles. The lowest BCUT2D eigenvalue weighted by molar-refractivity contribution is -0.126. The molecule has 2 fully saturated rings. The molecule has 2 atom stereocenters. The number of nitrogens with one attached hydrogen (secondary N) is 2. The Hall–Kier alpha value is -1.30. The smallest absolute Gasteiger partial charge is 0.227 e. The van der Waals surface area contributed by atoms with E-state index in [0.29, 0.717) is 34.7 Å². The zero-order chi connectivity index (χ0) is 17.1. The number of nitrogens with zero attached hydrogens (tertiary/aromatic N) is 1. The van der Waals surface area contributed by atoms with Crippen LogP contribution in [-0.2, 0) is 9.59 Å². The van der Waals surface area contributed by atoms with Crippen molar-refractivity contribution in [3.63, 3.8) is 0 Å². The predicted molar refractivity (Wildman–Crippen MR) is 95.5 cm³/mol. The largest absolute Gasteiger partial charge is 0.355 e. The lowest BCUT2D eigenvalue weighted by Gasteiger charge is -2.23. The van der Waals surface area contributed by atoms with Gasteiger partial charge < -0.3 is 15.5 Å². The highest BCUT2D eigenvalue weighted by molar-refractivity contribution is 6.35. The molecular formula is C17H21Cl2N3O2. The van der Waals surface area contributed by atoms with E-state index >= 15 is 0 Å². The van der Waals surface area contributed by atoms with Gasteiger partial charge in [0, 0.05) is 35.2 Å². The van der Waals surface area contributed by atoms with E-state index in [2.05, 4.69) is 10.6 Å². The molecule has 0 aliphatic carbocycles. The van der Waals surface area contributed by atoms with Crippen molar-refractivity contribution in [2.24, 2.45) is 11.8 Å². The van der Waals surface area contributed by atoms with Gasteiger partial charge in [-0.3, -0.25) is 9.59 Å². The van der Waals surface area contributed by atoms with Gasteiger partial charge in [-0.05, 0) is 50.0 Å². The van der Waals surface area contributed by atoms with E-state index in [1.165, 1.54) is 0 Å². The van der Waals surface area contributed by atoms with Gasteiger partial charge in [-0.1, -0.05) is 23.2 Å². The molecule has 0 aromatic heterocycles. The van der Waals surface area contributed by atoms with Crippen LogP contribution in [0, 0.1) is 11.8 Å². The highest BCUT2D eigenvalue weighted by atomic mass is 35.5. The van der Waals surface area contributed by atoms with Crippen LogP contribution in [0.15, 0.2) is 18.2 Å². The standard InChI is InChI=1S/C17H21Cl2N3O2/c18-13-5-14(19)7-15(6-13)22-10-12(4-16(22)23)17(24)21-9-11-2-1-3-20-8-11/h5-7,11-12,20H,1-4,8-10H2,(H,21,24). The van der Waals surface area contributed by atoms with Gasteiger partial charge in [0.15, 0.2) is 0 Å². The number of halogens is 2. The van der Waals surface area contributed by atoms with Crippen LogP contribution in [0.3, 0.4) is 0 Å². The molecule has 2 amide bonds. The molecule has 1 aromatic rings. The van der Waals surface area contributed by atoms with E-state index in [9.17, 15) is 9.59 Å². The minimum atomic E-state index is -0.327. The van der Waals surface area contributed by atoms with Crippen LogP contribution in [-0.4, -0.2) is 38.0 Å². The van der Waals surface area contributed by atoms with Crippen molar-refractivity contribution >= 4 is 40.7 Å². The van der Waals surface area contributed by atoms with Gasteiger partial charge in [0.2, 0.25) is 11.8 Å². The van der Waals surface area contributed by atoms with Crippen LogP contribution in [0.4, 0.5) is 5.69 Å². The predicted octanol–water partition coefficient (Wildman–Crippen LogP) is 2.46. The topological polar surface area (TPSA) is 61.4 Å². The molecule has 2 aliphatic heterocycles. The Labute approximate surface area is 151 Å². The number of carbonyl (C=O) groups is 2. The molecule has 24 heavy (non-hydrogen) atoms. The van der Waals surface area contributed by atoms with Crippen molar-refractivity contribution < 1.29 is 9.59 Å². The maximum absolute atomic E-state index is 12.4. The second-order valence-corrected chi connectivity index (χ2v) is 7.36. The summed E-state index contributed by atoms with van der Waals surface area (Å²) in [5, 5.41) is 7.29. The molecule has 1 aromatic carbocycles. The minimum absolute atomic E-state index is 0.0513. The van der Waals surface area contributed by atoms with Gasteiger partial charge in [-0.15, -0.1) is 0 Å². The van der Waals surface area contributed by atoms with Gasteiger partial charge >= 0.3 is 0 Å². The first kappa shape index (κ1) is 17.5. The minimum Gasteiger partial charge on any atom is -0.355 e. The number of amides is 2. The SMILES string of the molecule is O=C(NCC1CCCNC1)C1CC(=O)N(c2cc(Cl)cc(Cl)c2)C1. The van der Waals surface area contributed by atoms with Crippen molar-refractivity contribution in [1.82, 2.24) is 10.6 Å². The molecule has 0 spiro atoms. The molecule has 0 bridgehead atoms. The van der Waals surface area contributed by atoms with Crippen molar-refractivity contribution in [2.75, 3.05) is 31.1 Å². The summed E-state index contributed by atoms with van der Waals surface area (Å²) < 4.78 is 0. The zero-order valence-corrected chi connectivity index (χ0v) is 14.9. The summed E-state index contributed by atoms with van der Waals surface area (Å²) in [6.45, 7) is 3.03. The van der Waals surface area contributed by atoms with Gasteiger partial charge in [0.25, 0.3) is 0 Å². The Balaban J connectivity index is 1.58. The van der Waals surface area contributed by atoms with Crippen LogP contribution >= 0.6 is 23.2 Å². The van der Waals surface area contributed by atoms with Crippen molar-refractivity contribution in [3.8, 4) is 0 Å². The van der Waals surface area contributed by atoms with Gasteiger partial charge in [-0.2, -0.15) is 0 Å². The first-order valence-electron chi connectivity index (χ1n) is 8.28. The summed E-state index contributed by atoms with van der Waals surface area (Å²) in [6, 6.07) is 5.01. The Kier molecular flexibility index (Phi) is 5.64. The third-order valence-electron chi connectivity index (χ3n) is 4.62. The zero-order valence-electron chi connectivity index (χ0n) is 13.4. The van der Waals surface area contributed by atoms with Crippen LogP contribution in [0.25, 0.3) is 0 Å². The molecule has 2 unspecified atom stereocenters. The first-order chi connectivity index (χ1) is 11.5. The number of piperidine rings is 1.